The van der Waals surface area contributed by atoms with Crippen molar-refractivity contribution in [3.05, 3.63) is 41.2 Å². The fraction of sp³-hybridized carbons (Fsp3) is 0.333. The zero-order valence-electron chi connectivity index (χ0n) is 10.1. The quantitative estimate of drug-likeness (QED) is 0.853. The van der Waals surface area contributed by atoms with E-state index in [0.717, 1.165) is 17.2 Å². The highest BCUT2D eigenvalue weighted by Crippen LogP contribution is 2.23. The van der Waals surface area contributed by atoms with Gasteiger partial charge in [0.25, 0.3) is 0 Å². The first-order chi connectivity index (χ1) is 8.02. The topological polar surface area (TPSA) is 70.9 Å². The zero-order chi connectivity index (χ0) is 12.6. The molecule has 0 saturated heterocycles. The van der Waals surface area contributed by atoms with E-state index in [4.69, 9.17) is 5.11 Å². The van der Waals surface area contributed by atoms with E-state index in [-0.39, 0.29) is 6.04 Å². The second-order valence-electron chi connectivity index (χ2n) is 4.11. The Morgan fingerprint density at radius 1 is 1.53 bits per heavy atom. The number of carbonyl (C=O) groups is 1. The Bertz CT molecular complexity index is 540. The molecule has 5 nitrogen and oxygen atoms in total. The average Bonchev–Trinajstić information content (AvgIpc) is 2.86. The molecule has 0 amide bonds. The van der Waals surface area contributed by atoms with Gasteiger partial charge in [0, 0.05) is 23.8 Å². The summed E-state index contributed by atoms with van der Waals surface area (Å²) < 4.78 is 1.97. The first-order valence-electron chi connectivity index (χ1n) is 5.43. The molecule has 90 valence electrons. The second kappa shape index (κ2) is 4.08. The van der Waals surface area contributed by atoms with Crippen LogP contribution in [0.5, 0.6) is 0 Å². The van der Waals surface area contributed by atoms with Gasteiger partial charge in [-0.3, -0.25) is 0 Å². The molecule has 2 N–H and O–H groups in total. The molecule has 2 heterocycles. The van der Waals surface area contributed by atoms with E-state index >= 15 is 0 Å². The van der Waals surface area contributed by atoms with Crippen LogP contribution in [0.2, 0.25) is 0 Å². The predicted octanol–water partition coefficient (Wildman–Crippen LogP) is 2.14. The summed E-state index contributed by atoms with van der Waals surface area (Å²) in [6, 6.07) is 1.69. The minimum Gasteiger partial charge on any atom is -0.478 e. The fourth-order valence-corrected chi connectivity index (χ4v) is 2.22. The molecule has 0 spiro atoms. The highest BCUT2D eigenvalue weighted by Gasteiger charge is 2.19. The van der Waals surface area contributed by atoms with Crippen LogP contribution in [0.3, 0.4) is 0 Å². The van der Waals surface area contributed by atoms with Crippen molar-refractivity contribution >= 4 is 5.97 Å². The molecule has 5 heteroatoms. The minimum atomic E-state index is -0.893. The number of carboxylic acid groups (broad SMARTS) is 1. The molecule has 0 fully saturated rings. The lowest BCUT2D eigenvalue weighted by atomic mass is 10.2. The third kappa shape index (κ3) is 1.84. The van der Waals surface area contributed by atoms with Gasteiger partial charge in [-0.1, -0.05) is 0 Å². The summed E-state index contributed by atoms with van der Waals surface area (Å²) in [6.45, 7) is 5.71. The molecule has 2 aromatic rings. The number of hydrogen-bond acceptors (Lipinski definition) is 2. The zero-order valence-corrected chi connectivity index (χ0v) is 10.1. The SMILES string of the molecule is Cc1cc(C(=O)O)c(C)n1C(C)c1ncc[nH]1. The molecule has 0 bridgehead atoms. The lowest BCUT2D eigenvalue weighted by molar-refractivity contribution is 0.0696. The Labute approximate surface area is 99.1 Å². The van der Waals surface area contributed by atoms with Gasteiger partial charge in [0.15, 0.2) is 0 Å². The van der Waals surface area contributed by atoms with Crippen LogP contribution < -0.4 is 0 Å². The number of aromatic nitrogens is 3. The number of hydrogen-bond donors (Lipinski definition) is 2. The molecule has 0 aliphatic rings. The van der Waals surface area contributed by atoms with Crippen molar-refractivity contribution in [2.75, 3.05) is 0 Å². The van der Waals surface area contributed by atoms with Gasteiger partial charge in [0.05, 0.1) is 11.6 Å². The van der Waals surface area contributed by atoms with Gasteiger partial charge in [-0.05, 0) is 26.8 Å². The number of nitrogens with zero attached hydrogens (tertiary/aromatic N) is 2. The Hall–Kier alpha value is -2.04. The Morgan fingerprint density at radius 3 is 2.71 bits per heavy atom. The van der Waals surface area contributed by atoms with Crippen LogP contribution >= 0.6 is 0 Å². The van der Waals surface area contributed by atoms with Crippen LogP contribution in [0.15, 0.2) is 18.5 Å². The van der Waals surface area contributed by atoms with Crippen molar-refractivity contribution in [3.63, 3.8) is 0 Å². The molecular formula is C12H15N3O2. The van der Waals surface area contributed by atoms with Crippen molar-refractivity contribution < 1.29 is 9.90 Å². The molecule has 2 aromatic heterocycles. The third-order valence-corrected chi connectivity index (χ3v) is 3.02. The predicted molar refractivity (Wildman–Crippen MR) is 63.3 cm³/mol. The third-order valence-electron chi connectivity index (χ3n) is 3.02. The number of nitrogens with one attached hydrogen (secondary N) is 1. The van der Waals surface area contributed by atoms with Crippen molar-refractivity contribution in [3.8, 4) is 0 Å². The highest BCUT2D eigenvalue weighted by molar-refractivity contribution is 5.89. The first kappa shape index (κ1) is 11.4. The van der Waals surface area contributed by atoms with E-state index in [9.17, 15) is 4.79 Å². The van der Waals surface area contributed by atoms with E-state index in [0.29, 0.717) is 5.56 Å². The molecule has 2 rings (SSSR count). The molecule has 0 aliphatic heterocycles. The van der Waals surface area contributed by atoms with Crippen molar-refractivity contribution in [1.29, 1.82) is 0 Å². The maximum absolute atomic E-state index is 11.1. The Balaban J connectivity index is 2.49. The summed E-state index contributed by atoms with van der Waals surface area (Å²) in [5, 5.41) is 9.08. The molecule has 0 radical (unpaired) electrons. The van der Waals surface area contributed by atoms with E-state index < -0.39 is 5.97 Å². The summed E-state index contributed by atoms with van der Waals surface area (Å²) in [7, 11) is 0. The van der Waals surface area contributed by atoms with Crippen LogP contribution in [0, 0.1) is 13.8 Å². The first-order valence-corrected chi connectivity index (χ1v) is 5.43. The smallest absolute Gasteiger partial charge is 0.337 e. The van der Waals surface area contributed by atoms with Crippen LogP contribution in [-0.4, -0.2) is 25.6 Å². The Morgan fingerprint density at radius 2 is 2.24 bits per heavy atom. The summed E-state index contributed by atoms with van der Waals surface area (Å²) in [4.78, 5) is 18.3. The van der Waals surface area contributed by atoms with Gasteiger partial charge in [-0.15, -0.1) is 0 Å². The highest BCUT2D eigenvalue weighted by atomic mass is 16.4. The van der Waals surface area contributed by atoms with Gasteiger partial charge in [0.1, 0.15) is 5.82 Å². The van der Waals surface area contributed by atoms with E-state index in [1.807, 2.05) is 25.3 Å². The maximum atomic E-state index is 11.1. The normalized spacial score (nSPS) is 12.6. The average molecular weight is 233 g/mol. The Kier molecular flexibility index (Phi) is 2.75. The van der Waals surface area contributed by atoms with Crippen LogP contribution in [-0.2, 0) is 0 Å². The summed E-state index contributed by atoms with van der Waals surface area (Å²) in [6.07, 6.45) is 3.45. The fourth-order valence-electron chi connectivity index (χ4n) is 2.22. The lowest BCUT2D eigenvalue weighted by Gasteiger charge is -2.16. The summed E-state index contributed by atoms with van der Waals surface area (Å²) >= 11 is 0. The summed E-state index contributed by atoms with van der Waals surface area (Å²) in [5.41, 5.74) is 2.02. The number of aromatic carboxylic acids is 1. The number of aryl methyl sites for hydroxylation is 1. The van der Waals surface area contributed by atoms with Gasteiger partial charge in [-0.2, -0.15) is 0 Å². The van der Waals surface area contributed by atoms with Crippen LogP contribution in [0.25, 0.3) is 0 Å². The molecule has 0 aromatic carbocycles. The number of carboxylic acids is 1. The molecular weight excluding hydrogens is 218 g/mol. The molecule has 1 atom stereocenters. The molecule has 17 heavy (non-hydrogen) atoms. The van der Waals surface area contributed by atoms with Gasteiger partial charge >= 0.3 is 5.97 Å². The number of imidazole rings is 1. The molecule has 0 saturated carbocycles. The van der Waals surface area contributed by atoms with E-state index in [2.05, 4.69) is 9.97 Å². The van der Waals surface area contributed by atoms with Gasteiger partial charge in [0.2, 0.25) is 0 Å². The molecule has 1 unspecified atom stereocenters. The second-order valence-corrected chi connectivity index (χ2v) is 4.11. The van der Waals surface area contributed by atoms with Crippen molar-refractivity contribution in [1.82, 2.24) is 14.5 Å². The van der Waals surface area contributed by atoms with E-state index in [1.165, 1.54) is 0 Å². The van der Waals surface area contributed by atoms with Crippen LogP contribution in [0.1, 0.15) is 40.5 Å². The van der Waals surface area contributed by atoms with Crippen molar-refractivity contribution in [2.45, 2.75) is 26.8 Å². The minimum absolute atomic E-state index is 0.00176. The monoisotopic (exact) mass is 233 g/mol. The van der Waals surface area contributed by atoms with E-state index in [1.54, 1.807) is 18.5 Å². The number of H-pyrrole nitrogens is 1. The van der Waals surface area contributed by atoms with Crippen molar-refractivity contribution in [2.24, 2.45) is 0 Å². The number of rotatable bonds is 3. The summed E-state index contributed by atoms with van der Waals surface area (Å²) in [5.74, 6) is -0.0697. The van der Waals surface area contributed by atoms with Crippen LogP contribution in [0.4, 0.5) is 0 Å². The van der Waals surface area contributed by atoms with Gasteiger partial charge in [-0.25, -0.2) is 9.78 Å². The van der Waals surface area contributed by atoms with Gasteiger partial charge < -0.3 is 14.7 Å². The lowest BCUT2D eigenvalue weighted by Crippen LogP contribution is -2.12. The largest absolute Gasteiger partial charge is 0.478 e. The maximum Gasteiger partial charge on any atom is 0.337 e. The molecule has 0 aliphatic carbocycles. The number of aromatic amines is 1. The standard InChI is InChI=1S/C12H15N3O2/c1-7-6-10(12(16)17)8(2)15(7)9(3)11-13-4-5-14-11/h4-6,9H,1-3H3,(H,13,14)(H,16,17).